The third-order valence-electron chi connectivity index (χ3n) is 2.44. The first-order valence-corrected chi connectivity index (χ1v) is 6.44. The number of benzene rings is 1. The van der Waals surface area contributed by atoms with E-state index in [2.05, 4.69) is 0 Å². The van der Waals surface area contributed by atoms with Gasteiger partial charge in [0.2, 0.25) is 6.33 Å². The lowest BCUT2D eigenvalue weighted by Gasteiger charge is -2.04. The second-order valence-corrected chi connectivity index (χ2v) is 5.32. The zero-order valence-corrected chi connectivity index (χ0v) is 10.3. The summed E-state index contributed by atoms with van der Waals surface area (Å²) in [7, 11) is -2.39. The highest BCUT2D eigenvalue weighted by Crippen LogP contribution is 2.17. The van der Waals surface area contributed by atoms with Crippen LogP contribution >= 0.6 is 0 Å². The van der Waals surface area contributed by atoms with Crippen LogP contribution in [-0.4, -0.2) is 17.5 Å². The van der Waals surface area contributed by atoms with Crippen molar-refractivity contribution in [1.82, 2.24) is 4.57 Å². The van der Waals surface area contributed by atoms with Gasteiger partial charge in [-0.3, -0.25) is 4.55 Å². The molecule has 1 aromatic carbocycles. The molecule has 0 radical (unpaired) electrons. The van der Waals surface area contributed by atoms with Crippen LogP contribution in [0.4, 0.5) is 0 Å². The first-order chi connectivity index (χ1) is 7.88. The quantitative estimate of drug-likeness (QED) is 0.637. The van der Waals surface area contributed by atoms with Crippen molar-refractivity contribution >= 4 is 10.1 Å². The fourth-order valence-corrected chi connectivity index (χ4v) is 2.41. The number of hydrogen-bond donors (Lipinski definition) is 1. The van der Waals surface area contributed by atoms with Gasteiger partial charge in [0.15, 0.2) is 5.69 Å². The molecule has 0 aliphatic rings. The minimum atomic E-state index is -4.22. The molecule has 0 amide bonds. The van der Waals surface area contributed by atoms with E-state index >= 15 is 0 Å². The molecule has 0 atom stereocenters. The van der Waals surface area contributed by atoms with Gasteiger partial charge in [-0.05, 0) is 24.6 Å². The highest BCUT2D eigenvalue weighted by molar-refractivity contribution is 7.86. The minimum absolute atomic E-state index is 0.0892. The van der Waals surface area contributed by atoms with Crippen LogP contribution in [0.5, 0.6) is 0 Å². The van der Waals surface area contributed by atoms with Crippen LogP contribution in [0, 0.1) is 6.92 Å². The highest BCUT2D eigenvalue weighted by atomic mass is 32.2. The van der Waals surface area contributed by atoms with Crippen molar-refractivity contribution in [2.24, 2.45) is 7.05 Å². The van der Waals surface area contributed by atoms with Gasteiger partial charge in [0.1, 0.15) is 17.3 Å². The van der Waals surface area contributed by atoms with Crippen molar-refractivity contribution in [2.75, 3.05) is 0 Å². The van der Waals surface area contributed by atoms with Crippen LogP contribution in [0.1, 0.15) is 5.56 Å². The molecular formula is C11H13N2O3S+. The summed E-state index contributed by atoms with van der Waals surface area (Å²) in [5, 5.41) is 0. The summed E-state index contributed by atoms with van der Waals surface area (Å²) < 4.78 is 35.3. The van der Waals surface area contributed by atoms with Gasteiger partial charge in [-0.25, -0.2) is 9.13 Å². The van der Waals surface area contributed by atoms with Gasteiger partial charge in [0, 0.05) is 0 Å². The van der Waals surface area contributed by atoms with E-state index in [-0.39, 0.29) is 4.90 Å². The van der Waals surface area contributed by atoms with Crippen LogP contribution in [0.2, 0.25) is 0 Å². The summed E-state index contributed by atoms with van der Waals surface area (Å²) in [5.74, 6) is 0. The molecule has 1 heterocycles. The number of rotatable bonds is 2. The summed E-state index contributed by atoms with van der Waals surface area (Å²) in [5.41, 5.74) is 1.21. The fourth-order valence-electron chi connectivity index (χ4n) is 1.63. The van der Waals surface area contributed by atoms with Crippen molar-refractivity contribution in [3.05, 3.63) is 42.5 Å². The molecule has 2 aromatic rings. The van der Waals surface area contributed by atoms with Crippen LogP contribution in [0.3, 0.4) is 0 Å². The molecule has 0 aliphatic heterocycles. The molecule has 0 fully saturated rings. The molecule has 2 rings (SSSR count). The molecule has 0 saturated heterocycles. The number of hydrogen-bond acceptors (Lipinski definition) is 2. The average Bonchev–Trinajstić information content (AvgIpc) is 2.63. The van der Waals surface area contributed by atoms with Gasteiger partial charge in [0.25, 0.3) is 10.1 Å². The Balaban J connectivity index is 2.70. The Morgan fingerprint density at radius 1 is 1.35 bits per heavy atom. The molecule has 0 spiro atoms. The van der Waals surface area contributed by atoms with E-state index in [1.54, 1.807) is 46.9 Å². The molecule has 0 saturated carbocycles. The standard InChI is InChI=1S/C11H12N2O3S/c1-9-3-4-10(11(7-9)17(14,15)16)13-6-5-12(2)8-13/h3-8H,1-2H3/p+1. The lowest BCUT2D eigenvalue weighted by Crippen LogP contribution is -2.30. The number of aryl methyl sites for hydroxylation is 2. The predicted octanol–water partition coefficient (Wildman–Crippen LogP) is 0.857. The second-order valence-electron chi connectivity index (χ2n) is 3.93. The van der Waals surface area contributed by atoms with Crippen molar-refractivity contribution < 1.29 is 17.5 Å². The van der Waals surface area contributed by atoms with Crippen molar-refractivity contribution in [3.8, 4) is 5.69 Å². The minimum Gasteiger partial charge on any atom is -0.282 e. The van der Waals surface area contributed by atoms with Crippen LogP contribution < -0.4 is 4.57 Å². The Hall–Kier alpha value is -1.66. The monoisotopic (exact) mass is 253 g/mol. The highest BCUT2D eigenvalue weighted by Gasteiger charge is 2.20. The van der Waals surface area contributed by atoms with Gasteiger partial charge in [-0.1, -0.05) is 6.07 Å². The van der Waals surface area contributed by atoms with E-state index in [9.17, 15) is 13.0 Å². The average molecular weight is 253 g/mol. The largest absolute Gasteiger partial charge is 0.298 e. The van der Waals surface area contributed by atoms with E-state index in [0.29, 0.717) is 5.69 Å². The predicted molar refractivity (Wildman–Crippen MR) is 61.5 cm³/mol. The Kier molecular flexibility index (Phi) is 2.76. The molecule has 1 aromatic heterocycles. The van der Waals surface area contributed by atoms with Gasteiger partial charge in [-0.2, -0.15) is 8.42 Å². The first-order valence-electron chi connectivity index (χ1n) is 5.00. The molecule has 6 heteroatoms. The molecule has 0 bridgehead atoms. The van der Waals surface area contributed by atoms with E-state index in [1.165, 1.54) is 6.07 Å². The Labute approximate surface area is 99.7 Å². The van der Waals surface area contributed by atoms with E-state index < -0.39 is 10.1 Å². The summed E-state index contributed by atoms with van der Waals surface area (Å²) in [6, 6.07) is 4.91. The van der Waals surface area contributed by atoms with Crippen LogP contribution in [0.25, 0.3) is 5.69 Å². The second kappa shape index (κ2) is 3.97. The summed E-state index contributed by atoms with van der Waals surface area (Å²) in [6.07, 6.45) is 5.23. The maximum atomic E-state index is 11.3. The smallest absolute Gasteiger partial charge is 0.282 e. The molecular weight excluding hydrogens is 240 g/mol. The third kappa shape index (κ3) is 2.37. The zero-order chi connectivity index (χ0) is 12.6. The van der Waals surface area contributed by atoms with Gasteiger partial charge in [0.05, 0.1) is 7.05 Å². The summed E-state index contributed by atoms with van der Waals surface area (Å²) >= 11 is 0. The summed E-state index contributed by atoms with van der Waals surface area (Å²) in [4.78, 5) is -0.0892. The lowest BCUT2D eigenvalue weighted by atomic mass is 10.2. The fraction of sp³-hybridized carbons (Fsp3) is 0.182. The van der Waals surface area contributed by atoms with Gasteiger partial charge < -0.3 is 0 Å². The van der Waals surface area contributed by atoms with Crippen molar-refractivity contribution in [2.45, 2.75) is 11.8 Å². The Bertz CT molecular complexity index is 659. The Morgan fingerprint density at radius 3 is 2.59 bits per heavy atom. The van der Waals surface area contributed by atoms with Crippen molar-refractivity contribution in [3.63, 3.8) is 0 Å². The molecule has 1 N–H and O–H groups in total. The van der Waals surface area contributed by atoms with E-state index in [0.717, 1.165) is 5.56 Å². The van der Waals surface area contributed by atoms with E-state index in [4.69, 9.17) is 0 Å². The molecule has 5 nitrogen and oxygen atoms in total. The lowest BCUT2D eigenvalue weighted by molar-refractivity contribution is -0.597. The number of imidazole rings is 1. The van der Waals surface area contributed by atoms with Gasteiger partial charge in [-0.15, -0.1) is 0 Å². The van der Waals surface area contributed by atoms with Crippen LogP contribution in [-0.2, 0) is 17.2 Å². The van der Waals surface area contributed by atoms with Crippen molar-refractivity contribution in [1.29, 1.82) is 0 Å². The normalized spacial score (nSPS) is 11.7. The zero-order valence-electron chi connectivity index (χ0n) is 9.53. The SMILES string of the molecule is Cc1ccc(-[n+]2ccn(C)c2)c(S(=O)(=O)O)c1. The number of nitrogens with zero attached hydrogens (tertiary/aromatic N) is 2. The topological polar surface area (TPSA) is 63.2 Å². The number of aromatic nitrogens is 2. The first kappa shape index (κ1) is 11.8. The molecule has 90 valence electrons. The maximum absolute atomic E-state index is 11.3. The Morgan fingerprint density at radius 2 is 2.06 bits per heavy atom. The molecule has 17 heavy (non-hydrogen) atoms. The van der Waals surface area contributed by atoms with Crippen LogP contribution in [0.15, 0.2) is 41.8 Å². The summed E-state index contributed by atoms with van der Waals surface area (Å²) in [6.45, 7) is 1.77. The molecule has 0 unspecified atom stereocenters. The van der Waals surface area contributed by atoms with Gasteiger partial charge >= 0.3 is 0 Å². The molecule has 0 aliphatic carbocycles. The third-order valence-corrected chi connectivity index (χ3v) is 3.32. The van der Waals surface area contributed by atoms with E-state index in [1.807, 2.05) is 7.05 Å². The maximum Gasteiger partial charge on any atom is 0.298 e.